The molecule has 0 spiro atoms. The summed E-state index contributed by atoms with van der Waals surface area (Å²) in [6, 6.07) is 5.81. The summed E-state index contributed by atoms with van der Waals surface area (Å²) in [6.45, 7) is 5.74. The second kappa shape index (κ2) is 8.09. The van der Waals surface area contributed by atoms with Crippen LogP contribution in [0.3, 0.4) is 0 Å². The van der Waals surface area contributed by atoms with Gasteiger partial charge in [-0.2, -0.15) is 13.2 Å². The third kappa shape index (κ3) is 3.94. The Morgan fingerprint density at radius 2 is 2.00 bits per heavy atom. The molecule has 32 heavy (non-hydrogen) atoms. The molecule has 0 amide bonds. The van der Waals surface area contributed by atoms with Crippen molar-refractivity contribution in [2.45, 2.75) is 42.9 Å². The van der Waals surface area contributed by atoms with Crippen molar-refractivity contribution in [2.24, 2.45) is 13.0 Å². The summed E-state index contributed by atoms with van der Waals surface area (Å²) in [6.07, 6.45) is -1.22. The Morgan fingerprint density at radius 1 is 1.22 bits per heavy atom. The van der Waals surface area contributed by atoms with E-state index in [1.165, 1.54) is 17.7 Å². The highest BCUT2D eigenvalue weighted by molar-refractivity contribution is 7.99. The number of aromatic nitrogens is 3. The number of benzene rings is 1. The van der Waals surface area contributed by atoms with E-state index in [0.717, 1.165) is 67.0 Å². The van der Waals surface area contributed by atoms with Gasteiger partial charge in [-0.1, -0.05) is 23.9 Å². The molecule has 1 aromatic heterocycles. The maximum absolute atomic E-state index is 12.9. The van der Waals surface area contributed by atoms with Gasteiger partial charge in [0.1, 0.15) is 0 Å². The molecule has 9 heteroatoms. The van der Waals surface area contributed by atoms with Crippen LogP contribution in [0.4, 0.5) is 13.2 Å². The van der Waals surface area contributed by atoms with E-state index < -0.39 is 11.7 Å². The average molecular weight is 465 g/mol. The van der Waals surface area contributed by atoms with Gasteiger partial charge in [0.15, 0.2) is 16.7 Å². The molecule has 0 radical (unpaired) electrons. The van der Waals surface area contributed by atoms with Crippen molar-refractivity contribution in [2.75, 3.05) is 32.0 Å². The highest BCUT2D eigenvalue weighted by atomic mass is 32.2. The second-order valence-corrected chi connectivity index (χ2v) is 10.2. The lowest BCUT2D eigenvalue weighted by Gasteiger charge is -2.21. The van der Waals surface area contributed by atoms with Crippen LogP contribution in [0.2, 0.25) is 0 Å². The van der Waals surface area contributed by atoms with Crippen molar-refractivity contribution in [3.63, 3.8) is 0 Å². The molecule has 2 atom stereocenters. The van der Waals surface area contributed by atoms with E-state index in [-0.39, 0.29) is 5.41 Å². The summed E-state index contributed by atoms with van der Waals surface area (Å²) in [5, 5.41) is 9.53. The summed E-state index contributed by atoms with van der Waals surface area (Å²) < 4.78 is 46.3. The van der Waals surface area contributed by atoms with Crippen molar-refractivity contribution < 1.29 is 17.9 Å². The van der Waals surface area contributed by atoms with Crippen molar-refractivity contribution in [1.29, 1.82) is 0 Å². The number of nitrogens with zero attached hydrogens (tertiary/aromatic N) is 4. The minimum absolute atomic E-state index is 0.0582. The number of likely N-dealkylation sites (tertiary alicyclic amines) is 1. The molecule has 2 aliphatic heterocycles. The smallest absolute Gasteiger partial charge is 0.416 e. The predicted octanol–water partition coefficient (Wildman–Crippen LogP) is 4.74. The number of alkyl halides is 3. The molecule has 2 fully saturated rings. The SMILES string of the molecule is CC1=C(c2nnc(SCCCN3C[C@@H]4C[C@]4(c4ccc(C(F)(F)F)cc4)C3)n2C)OCC1. The van der Waals surface area contributed by atoms with Crippen LogP contribution in [0.15, 0.2) is 35.0 Å². The number of piperidine rings is 1. The first-order chi connectivity index (χ1) is 15.3. The van der Waals surface area contributed by atoms with E-state index in [2.05, 4.69) is 22.0 Å². The first-order valence-corrected chi connectivity index (χ1v) is 12.0. The molecule has 1 aromatic carbocycles. The Hall–Kier alpha value is -2.00. The number of hydrogen-bond acceptors (Lipinski definition) is 5. The van der Waals surface area contributed by atoms with Crippen LogP contribution >= 0.6 is 11.8 Å². The summed E-state index contributed by atoms with van der Waals surface area (Å²) >= 11 is 1.70. The standard InChI is InChI=1S/C23H27F3N4OS/c1-15-8-10-31-19(15)20-27-28-21(29(20)2)32-11-3-9-30-13-18-12-22(18,14-30)16-4-6-17(7-5-16)23(24,25)26/h4-7,18H,3,8-14H2,1-2H3/t18-,22+/m0/s1. The average Bonchev–Trinajstić information content (AvgIpc) is 3.05. The zero-order chi connectivity index (χ0) is 22.5. The second-order valence-electron chi connectivity index (χ2n) is 9.14. The van der Waals surface area contributed by atoms with Gasteiger partial charge in [0.05, 0.1) is 12.2 Å². The van der Waals surface area contributed by atoms with Gasteiger partial charge in [-0.15, -0.1) is 10.2 Å². The molecule has 5 rings (SSSR count). The number of thioether (sulfide) groups is 1. The molecule has 0 unspecified atom stereocenters. The van der Waals surface area contributed by atoms with Crippen LogP contribution in [0.25, 0.3) is 5.76 Å². The maximum Gasteiger partial charge on any atom is 0.416 e. The molecule has 1 aliphatic carbocycles. The lowest BCUT2D eigenvalue weighted by atomic mass is 9.94. The lowest BCUT2D eigenvalue weighted by molar-refractivity contribution is -0.137. The van der Waals surface area contributed by atoms with Gasteiger partial charge in [-0.25, -0.2) is 0 Å². The number of halogens is 3. The molecule has 5 nitrogen and oxygen atoms in total. The lowest BCUT2D eigenvalue weighted by Crippen LogP contribution is -2.28. The van der Waals surface area contributed by atoms with Crippen molar-refractivity contribution in [3.8, 4) is 0 Å². The monoisotopic (exact) mass is 464 g/mol. The van der Waals surface area contributed by atoms with Crippen molar-refractivity contribution in [1.82, 2.24) is 19.7 Å². The summed E-state index contributed by atoms with van der Waals surface area (Å²) in [7, 11) is 1.97. The molecule has 172 valence electrons. The molecule has 0 bridgehead atoms. The number of rotatable bonds is 7. The van der Waals surface area contributed by atoms with Crippen molar-refractivity contribution >= 4 is 17.5 Å². The Labute approximate surface area is 190 Å². The third-order valence-corrected chi connectivity index (χ3v) is 8.11. The highest BCUT2D eigenvalue weighted by Crippen LogP contribution is 2.59. The Morgan fingerprint density at radius 3 is 2.69 bits per heavy atom. The predicted molar refractivity (Wildman–Crippen MR) is 117 cm³/mol. The zero-order valence-electron chi connectivity index (χ0n) is 18.3. The normalized spacial score (nSPS) is 25.3. The Bertz CT molecular complexity index is 1030. The van der Waals surface area contributed by atoms with Gasteiger partial charge >= 0.3 is 6.18 Å². The van der Waals surface area contributed by atoms with E-state index in [9.17, 15) is 13.2 Å². The fourth-order valence-corrected chi connectivity index (χ4v) is 5.92. The van der Waals surface area contributed by atoms with Crippen molar-refractivity contribution in [3.05, 3.63) is 46.8 Å². The zero-order valence-corrected chi connectivity index (χ0v) is 19.1. The summed E-state index contributed by atoms with van der Waals surface area (Å²) in [5.74, 6) is 3.16. The quantitative estimate of drug-likeness (QED) is 0.437. The van der Waals surface area contributed by atoms with Crippen LogP contribution in [0.5, 0.6) is 0 Å². The van der Waals surface area contributed by atoms with Crippen LogP contribution in [-0.4, -0.2) is 51.7 Å². The summed E-state index contributed by atoms with van der Waals surface area (Å²) in [5.41, 5.74) is 1.76. The molecule has 0 N–H and O–H groups in total. The van der Waals surface area contributed by atoms with Gasteiger partial charge in [0.25, 0.3) is 0 Å². The molecule has 3 heterocycles. The maximum atomic E-state index is 12.9. The van der Waals surface area contributed by atoms with Crippen LogP contribution in [0.1, 0.15) is 43.1 Å². The van der Waals surface area contributed by atoms with E-state index in [1.54, 1.807) is 23.9 Å². The van der Waals surface area contributed by atoms with E-state index in [4.69, 9.17) is 4.74 Å². The fraction of sp³-hybridized carbons (Fsp3) is 0.565. The minimum atomic E-state index is -4.28. The van der Waals surface area contributed by atoms with Gasteiger partial charge < -0.3 is 14.2 Å². The fourth-order valence-electron chi connectivity index (χ4n) is 5.08. The molecular formula is C23H27F3N4OS. The molecule has 1 saturated carbocycles. The topological polar surface area (TPSA) is 43.2 Å². The van der Waals surface area contributed by atoms with E-state index in [0.29, 0.717) is 12.5 Å². The Balaban J connectivity index is 1.12. The molecule has 1 saturated heterocycles. The van der Waals surface area contributed by atoms with Gasteiger partial charge in [0, 0.05) is 37.7 Å². The Kier molecular flexibility index (Phi) is 5.52. The number of ether oxygens (including phenoxy) is 1. The molecule has 2 aromatic rings. The van der Waals surface area contributed by atoms with Gasteiger partial charge in [-0.3, -0.25) is 0 Å². The van der Waals surface area contributed by atoms with Crippen LogP contribution < -0.4 is 0 Å². The summed E-state index contributed by atoms with van der Waals surface area (Å²) in [4.78, 5) is 2.45. The first-order valence-electron chi connectivity index (χ1n) is 11.0. The number of fused-ring (bicyclic) bond motifs is 1. The number of hydrogen-bond donors (Lipinski definition) is 0. The highest BCUT2D eigenvalue weighted by Gasteiger charge is 2.60. The largest absolute Gasteiger partial charge is 0.489 e. The van der Waals surface area contributed by atoms with E-state index in [1.807, 2.05) is 11.6 Å². The van der Waals surface area contributed by atoms with Gasteiger partial charge in [0.2, 0.25) is 0 Å². The molecular weight excluding hydrogens is 437 g/mol. The molecule has 3 aliphatic rings. The van der Waals surface area contributed by atoms with Crippen LogP contribution in [-0.2, 0) is 23.4 Å². The van der Waals surface area contributed by atoms with Gasteiger partial charge in [-0.05, 0) is 55.5 Å². The first kappa shape index (κ1) is 21.8. The van der Waals surface area contributed by atoms with Crippen LogP contribution in [0, 0.1) is 5.92 Å². The minimum Gasteiger partial charge on any atom is -0.489 e. The van der Waals surface area contributed by atoms with E-state index >= 15 is 0 Å². The third-order valence-electron chi connectivity index (χ3n) is 7.00.